The van der Waals surface area contributed by atoms with E-state index in [2.05, 4.69) is 21.0 Å². The summed E-state index contributed by atoms with van der Waals surface area (Å²) in [6, 6.07) is 11.3. The van der Waals surface area contributed by atoms with Crippen molar-refractivity contribution < 1.29 is 4.74 Å². The smallest absolute Gasteiger partial charge is 0.258 e. The van der Waals surface area contributed by atoms with Crippen LogP contribution in [0.4, 0.5) is 0 Å². The molecule has 0 amide bonds. The monoisotopic (exact) mass is 317 g/mol. The molecule has 1 aliphatic rings. The van der Waals surface area contributed by atoms with Gasteiger partial charge in [-0.1, -0.05) is 18.2 Å². The van der Waals surface area contributed by atoms with Crippen molar-refractivity contribution >= 4 is 10.9 Å². The van der Waals surface area contributed by atoms with E-state index in [0.29, 0.717) is 0 Å². The van der Waals surface area contributed by atoms with E-state index in [4.69, 9.17) is 10.5 Å². The van der Waals surface area contributed by atoms with Gasteiger partial charge in [-0.2, -0.15) is 5.26 Å². The molecule has 0 fully saturated rings. The molecule has 2 aromatic heterocycles. The van der Waals surface area contributed by atoms with Crippen LogP contribution in [0.3, 0.4) is 0 Å². The maximum Gasteiger partial charge on any atom is 0.258 e. The number of nitrogens with zero attached hydrogens (tertiary/aromatic N) is 3. The van der Waals surface area contributed by atoms with E-state index in [1.165, 1.54) is 6.33 Å². The van der Waals surface area contributed by atoms with Crippen LogP contribution in [0.15, 0.2) is 59.1 Å². The third kappa shape index (κ3) is 1.94. The Morgan fingerprint density at radius 2 is 2.08 bits per heavy atom. The highest BCUT2D eigenvalue weighted by molar-refractivity contribution is 5.84. The van der Waals surface area contributed by atoms with Crippen LogP contribution in [0.2, 0.25) is 0 Å². The molecule has 3 N–H and O–H groups in total. The first-order valence-corrected chi connectivity index (χ1v) is 7.19. The molecule has 0 saturated carbocycles. The Bertz CT molecular complexity index is 1090. The number of benzene rings is 1. The van der Waals surface area contributed by atoms with Crippen molar-refractivity contribution in [3.63, 3.8) is 0 Å². The van der Waals surface area contributed by atoms with Crippen LogP contribution in [0, 0.1) is 11.3 Å². The third-order valence-corrected chi connectivity index (χ3v) is 4.02. The first-order valence-electron chi connectivity index (χ1n) is 7.19. The van der Waals surface area contributed by atoms with Gasteiger partial charge in [0.05, 0.1) is 23.3 Å². The summed E-state index contributed by atoms with van der Waals surface area (Å²) in [4.78, 5) is 23.3. The number of fused-ring (bicyclic) bond motifs is 2. The highest BCUT2D eigenvalue weighted by Crippen LogP contribution is 2.40. The standard InChI is InChI=1S/C17H11N5O2/c18-7-11-13(10-5-6-20-12-4-2-1-3-9(10)12)14-16(23)21-8-22-17(14)24-15(11)19/h1-6,8,13H,19H2,(H,21,22,23)/t13-/m0/s1. The summed E-state index contributed by atoms with van der Waals surface area (Å²) in [7, 11) is 0. The minimum Gasteiger partial charge on any atom is -0.422 e. The Labute approximate surface area is 136 Å². The Kier molecular flexibility index (Phi) is 3.03. The molecular formula is C17H11N5O2. The van der Waals surface area contributed by atoms with E-state index in [9.17, 15) is 10.1 Å². The van der Waals surface area contributed by atoms with Gasteiger partial charge in [-0.05, 0) is 17.7 Å². The van der Waals surface area contributed by atoms with Crippen LogP contribution in [-0.4, -0.2) is 15.0 Å². The van der Waals surface area contributed by atoms with Crippen LogP contribution >= 0.6 is 0 Å². The number of ether oxygens (including phenoxy) is 1. The van der Waals surface area contributed by atoms with Gasteiger partial charge >= 0.3 is 0 Å². The normalized spacial score (nSPS) is 16.4. The average Bonchev–Trinajstić information content (AvgIpc) is 2.60. The van der Waals surface area contributed by atoms with Crippen molar-refractivity contribution in [2.24, 2.45) is 5.73 Å². The molecule has 116 valence electrons. The number of H-pyrrole nitrogens is 1. The molecule has 0 unspecified atom stereocenters. The number of nitriles is 1. The quantitative estimate of drug-likeness (QED) is 0.703. The average molecular weight is 317 g/mol. The SMILES string of the molecule is N#CC1=C(N)Oc2nc[nH]c(=O)c2[C@H]1c1ccnc2ccccc12. The van der Waals surface area contributed by atoms with Crippen molar-refractivity contribution in [1.29, 1.82) is 5.26 Å². The van der Waals surface area contributed by atoms with Gasteiger partial charge < -0.3 is 15.5 Å². The number of pyridine rings is 1. The lowest BCUT2D eigenvalue weighted by Crippen LogP contribution is -2.28. The minimum absolute atomic E-state index is 0.0472. The van der Waals surface area contributed by atoms with Crippen LogP contribution in [0.25, 0.3) is 10.9 Å². The number of aromatic nitrogens is 3. The zero-order valence-corrected chi connectivity index (χ0v) is 12.4. The summed E-state index contributed by atoms with van der Waals surface area (Å²) < 4.78 is 5.37. The second kappa shape index (κ2) is 5.21. The summed E-state index contributed by atoms with van der Waals surface area (Å²) in [5.74, 6) is -0.598. The molecule has 0 spiro atoms. The van der Waals surface area contributed by atoms with E-state index in [1.54, 1.807) is 12.3 Å². The van der Waals surface area contributed by atoms with Crippen molar-refractivity contribution in [3.05, 3.63) is 75.8 Å². The highest BCUT2D eigenvalue weighted by Gasteiger charge is 2.34. The summed E-state index contributed by atoms with van der Waals surface area (Å²) in [6.45, 7) is 0. The fraction of sp³-hybridized carbons (Fsp3) is 0.0588. The molecule has 7 heteroatoms. The molecule has 0 saturated heterocycles. The van der Waals surface area contributed by atoms with Gasteiger partial charge in [0.15, 0.2) is 0 Å². The Balaban J connectivity index is 2.10. The molecule has 1 atom stereocenters. The zero-order chi connectivity index (χ0) is 16.7. The molecular weight excluding hydrogens is 306 g/mol. The fourth-order valence-corrected chi connectivity index (χ4v) is 2.98. The van der Waals surface area contributed by atoms with Crippen LogP contribution in [0.5, 0.6) is 5.88 Å². The van der Waals surface area contributed by atoms with E-state index in [1.807, 2.05) is 24.3 Å². The number of nitrogens with two attached hydrogens (primary N) is 1. The van der Waals surface area contributed by atoms with Crippen molar-refractivity contribution in [1.82, 2.24) is 15.0 Å². The third-order valence-electron chi connectivity index (χ3n) is 4.02. The Morgan fingerprint density at radius 1 is 1.25 bits per heavy atom. The van der Waals surface area contributed by atoms with Crippen molar-refractivity contribution in [2.45, 2.75) is 5.92 Å². The second-order valence-corrected chi connectivity index (χ2v) is 5.29. The van der Waals surface area contributed by atoms with E-state index < -0.39 is 5.92 Å². The number of rotatable bonds is 1. The Morgan fingerprint density at radius 3 is 2.92 bits per heavy atom. The lowest BCUT2D eigenvalue weighted by atomic mass is 9.83. The van der Waals surface area contributed by atoms with Gasteiger partial charge in [0.25, 0.3) is 5.56 Å². The van der Waals surface area contributed by atoms with Gasteiger partial charge in [0.2, 0.25) is 11.8 Å². The summed E-state index contributed by atoms with van der Waals surface area (Å²) in [5, 5.41) is 10.4. The molecule has 0 bridgehead atoms. The fourth-order valence-electron chi connectivity index (χ4n) is 2.98. The van der Waals surface area contributed by atoms with Crippen LogP contribution < -0.4 is 16.0 Å². The maximum absolute atomic E-state index is 12.4. The molecule has 3 heterocycles. The van der Waals surface area contributed by atoms with Gasteiger partial charge in [-0.15, -0.1) is 0 Å². The number of para-hydroxylation sites is 1. The predicted octanol–water partition coefficient (Wildman–Crippen LogP) is 1.54. The van der Waals surface area contributed by atoms with Gasteiger partial charge in [0.1, 0.15) is 11.6 Å². The van der Waals surface area contributed by atoms with Crippen molar-refractivity contribution in [3.8, 4) is 11.9 Å². The van der Waals surface area contributed by atoms with Gasteiger partial charge in [-0.25, -0.2) is 4.98 Å². The molecule has 0 radical (unpaired) electrons. The van der Waals surface area contributed by atoms with E-state index >= 15 is 0 Å². The molecule has 4 rings (SSSR count). The summed E-state index contributed by atoms with van der Waals surface area (Å²) in [6.07, 6.45) is 2.88. The molecule has 1 aliphatic heterocycles. The first kappa shape index (κ1) is 14.0. The van der Waals surface area contributed by atoms with Gasteiger partial charge in [0, 0.05) is 11.6 Å². The number of hydrogen-bond acceptors (Lipinski definition) is 6. The first-order chi connectivity index (χ1) is 11.7. The molecule has 1 aromatic carbocycles. The number of aromatic amines is 1. The maximum atomic E-state index is 12.4. The lowest BCUT2D eigenvalue weighted by Gasteiger charge is -2.25. The summed E-state index contributed by atoms with van der Waals surface area (Å²) >= 11 is 0. The summed E-state index contributed by atoms with van der Waals surface area (Å²) in [5.41, 5.74) is 7.48. The molecule has 0 aliphatic carbocycles. The molecule has 3 aromatic rings. The van der Waals surface area contributed by atoms with Crippen LogP contribution in [0.1, 0.15) is 17.0 Å². The Hall–Kier alpha value is -3.66. The van der Waals surface area contributed by atoms with E-state index in [0.717, 1.165) is 16.5 Å². The topological polar surface area (TPSA) is 118 Å². The largest absolute Gasteiger partial charge is 0.422 e. The lowest BCUT2D eigenvalue weighted by molar-refractivity contribution is 0.375. The highest BCUT2D eigenvalue weighted by atomic mass is 16.5. The van der Waals surface area contributed by atoms with Gasteiger partial charge in [-0.3, -0.25) is 9.78 Å². The molecule has 24 heavy (non-hydrogen) atoms. The zero-order valence-electron chi connectivity index (χ0n) is 12.4. The van der Waals surface area contributed by atoms with Crippen LogP contribution in [-0.2, 0) is 0 Å². The minimum atomic E-state index is -0.663. The second-order valence-electron chi connectivity index (χ2n) is 5.29. The number of allylic oxidation sites excluding steroid dienone is 1. The van der Waals surface area contributed by atoms with Crippen molar-refractivity contribution in [2.75, 3.05) is 0 Å². The molecule has 7 nitrogen and oxygen atoms in total. The number of nitrogens with one attached hydrogen (secondary N) is 1. The van der Waals surface area contributed by atoms with E-state index in [-0.39, 0.29) is 28.5 Å². The number of hydrogen-bond donors (Lipinski definition) is 2. The predicted molar refractivity (Wildman–Crippen MR) is 85.9 cm³/mol.